The molecule has 2 aromatic rings. The number of rotatable bonds is 5. The van der Waals surface area contributed by atoms with E-state index in [4.69, 9.17) is 9.47 Å². The van der Waals surface area contributed by atoms with Crippen molar-refractivity contribution in [2.24, 2.45) is 0 Å². The third-order valence-electron chi connectivity index (χ3n) is 4.91. The normalized spacial score (nSPS) is 18.6. The molecule has 7 heteroatoms. The minimum atomic E-state index is -0.607. The highest BCUT2D eigenvalue weighted by Crippen LogP contribution is 2.45. The quantitative estimate of drug-likeness (QED) is 0.858. The predicted molar refractivity (Wildman–Crippen MR) is 105 cm³/mol. The summed E-state index contributed by atoms with van der Waals surface area (Å²) in [6.45, 7) is 3.81. The number of carbonyl (C=O) groups excluding carboxylic acids is 2. The lowest BCUT2D eigenvalue weighted by atomic mass is 9.79. The third kappa shape index (κ3) is 3.40. The van der Waals surface area contributed by atoms with Crippen LogP contribution < -0.4 is 14.8 Å². The number of aromatic nitrogens is 1. The Hall–Kier alpha value is -3.09. The number of hydrogen-bond donors (Lipinski definition) is 1. The Bertz CT molecular complexity index is 883. The molecule has 0 spiro atoms. The molecule has 0 bridgehead atoms. The van der Waals surface area contributed by atoms with E-state index in [0.717, 1.165) is 5.56 Å². The van der Waals surface area contributed by atoms with Crippen molar-refractivity contribution >= 4 is 11.8 Å². The van der Waals surface area contributed by atoms with Crippen LogP contribution in [0, 0.1) is 0 Å². The molecule has 2 unspecified atom stereocenters. The summed E-state index contributed by atoms with van der Waals surface area (Å²) in [5.74, 6) is -0.0177. The van der Waals surface area contributed by atoms with Crippen molar-refractivity contribution < 1.29 is 19.1 Å². The molecule has 28 heavy (non-hydrogen) atoms. The highest BCUT2D eigenvalue weighted by molar-refractivity contribution is 6.02. The van der Waals surface area contributed by atoms with Crippen LogP contribution in [0.2, 0.25) is 0 Å². The number of nitrogens with one attached hydrogen (secondary N) is 1. The van der Waals surface area contributed by atoms with Gasteiger partial charge >= 0.3 is 0 Å². The van der Waals surface area contributed by atoms with Crippen molar-refractivity contribution in [3.05, 3.63) is 53.3 Å². The molecule has 2 atom stereocenters. The number of pyridine rings is 1. The Morgan fingerprint density at radius 1 is 1.21 bits per heavy atom. The molecule has 2 heterocycles. The van der Waals surface area contributed by atoms with E-state index in [-0.39, 0.29) is 17.9 Å². The first-order chi connectivity index (χ1) is 13.4. The fourth-order valence-electron chi connectivity index (χ4n) is 3.67. The van der Waals surface area contributed by atoms with Crippen molar-refractivity contribution in [3.8, 4) is 11.5 Å². The first kappa shape index (κ1) is 19.7. The van der Waals surface area contributed by atoms with Crippen molar-refractivity contribution in [1.82, 2.24) is 15.2 Å². The molecule has 0 radical (unpaired) electrons. The van der Waals surface area contributed by atoms with Gasteiger partial charge < -0.3 is 19.7 Å². The number of benzene rings is 1. The Kier molecular flexibility index (Phi) is 5.53. The summed E-state index contributed by atoms with van der Waals surface area (Å²) >= 11 is 0. The van der Waals surface area contributed by atoms with Gasteiger partial charge in [-0.2, -0.15) is 0 Å². The molecule has 1 aliphatic heterocycles. The number of carbonyl (C=O) groups is 2. The zero-order chi connectivity index (χ0) is 20.4. The molecule has 0 saturated heterocycles. The van der Waals surface area contributed by atoms with E-state index in [0.29, 0.717) is 22.6 Å². The summed E-state index contributed by atoms with van der Waals surface area (Å²) in [6, 6.07) is 6.53. The maximum Gasteiger partial charge on any atom is 0.254 e. The van der Waals surface area contributed by atoms with Crippen molar-refractivity contribution in [3.63, 3.8) is 0 Å². The second-order valence-electron chi connectivity index (χ2n) is 7.08. The SMILES string of the molecule is COc1cc2c(cc1OC)C(C(=O)NC(C)C)C(c1cccnc1)N(C)C2=O. The Balaban J connectivity index is 2.23. The summed E-state index contributed by atoms with van der Waals surface area (Å²) in [7, 11) is 4.75. The van der Waals surface area contributed by atoms with Crippen LogP contribution in [0.1, 0.15) is 47.3 Å². The van der Waals surface area contributed by atoms with Gasteiger partial charge in [0.25, 0.3) is 5.91 Å². The number of amides is 2. The lowest BCUT2D eigenvalue weighted by Crippen LogP contribution is -2.46. The highest BCUT2D eigenvalue weighted by atomic mass is 16.5. The molecular weight excluding hydrogens is 358 g/mol. The topological polar surface area (TPSA) is 80.8 Å². The summed E-state index contributed by atoms with van der Waals surface area (Å²) in [4.78, 5) is 32.1. The van der Waals surface area contributed by atoms with E-state index in [1.165, 1.54) is 14.2 Å². The Labute approximate surface area is 164 Å². The summed E-state index contributed by atoms with van der Waals surface area (Å²) in [5, 5.41) is 2.99. The zero-order valence-corrected chi connectivity index (χ0v) is 16.7. The first-order valence-corrected chi connectivity index (χ1v) is 9.12. The van der Waals surface area contributed by atoms with Gasteiger partial charge in [0.15, 0.2) is 11.5 Å². The van der Waals surface area contributed by atoms with E-state index in [1.54, 1.807) is 42.5 Å². The van der Waals surface area contributed by atoms with Crippen molar-refractivity contribution in [2.45, 2.75) is 31.8 Å². The number of likely N-dealkylation sites (N-methyl/N-ethyl adjacent to an activating group) is 1. The third-order valence-corrected chi connectivity index (χ3v) is 4.91. The molecule has 0 fully saturated rings. The first-order valence-electron chi connectivity index (χ1n) is 9.12. The van der Waals surface area contributed by atoms with E-state index < -0.39 is 12.0 Å². The van der Waals surface area contributed by atoms with Crippen LogP contribution in [0.3, 0.4) is 0 Å². The van der Waals surface area contributed by atoms with E-state index in [9.17, 15) is 9.59 Å². The molecule has 1 aromatic carbocycles. The van der Waals surface area contributed by atoms with Crippen LogP contribution >= 0.6 is 0 Å². The van der Waals surface area contributed by atoms with Crippen LogP contribution in [-0.2, 0) is 4.79 Å². The molecular formula is C21H25N3O4. The summed E-state index contributed by atoms with van der Waals surface area (Å²) < 4.78 is 10.8. The summed E-state index contributed by atoms with van der Waals surface area (Å²) in [6.07, 6.45) is 3.36. The molecule has 7 nitrogen and oxygen atoms in total. The van der Waals surface area contributed by atoms with Crippen LogP contribution in [-0.4, -0.2) is 49.0 Å². The molecule has 0 aliphatic carbocycles. The van der Waals surface area contributed by atoms with Crippen molar-refractivity contribution in [2.75, 3.05) is 21.3 Å². The largest absolute Gasteiger partial charge is 0.493 e. The number of methoxy groups -OCH3 is 2. The molecule has 0 saturated carbocycles. The van der Waals surface area contributed by atoms with Gasteiger partial charge in [0, 0.05) is 31.0 Å². The lowest BCUT2D eigenvalue weighted by molar-refractivity contribution is -0.124. The van der Waals surface area contributed by atoms with Crippen LogP contribution in [0.5, 0.6) is 11.5 Å². The number of ether oxygens (including phenoxy) is 2. The summed E-state index contributed by atoms with van der Waals surface area (Å²) in [5.41, 5.74) is 1.85. The predicted octanol–water partition coefficient (Wildman–Crippen LogP) is 2.53. The van der Waals surface area contributed by atoms with Gasteiger partial charge in [-0.15, -0.1) is 0 Å². The lowest BCUT2D eigenvalue weighted by Gasteiger charge is -2.40. The van der Waals surface area contributed by atoms with Gasteiger partial charge in [0.05, 0.1) is 26.2 Å². The van der Waals surface area contributed by atoms with Gasteiger partial charge in [-0.05, 0) is 43.2 Å². The molecule has 2 amide bonds. The smallest absolute Gasteiger partial charge is 0.254 e. The number of nitrogens with zero attached hydrogens (tertiary/aromatic N) is 2. The minimum absolute atomic E-state index is 0.0337. The van der Waals surface area contributed by atoms with Gasteiger partial charge in [-0.1, -0.05) is 6.07 Å². The van der Waals surface area contributed by atoms with Gasteiger partial charge in [-0.25, -0.2) is 0 Å². The fraction of sp³-hybridized carbons (Fsp3) is 0.381. The average Bonchev–Trinajstić information content (AvgIpc) is 2.69. The number of fused-ring (bicyclic) bond motifs is 1. The van der Waals surface area contributed by atoms with Gasteiger partial charge in [-0.3, -0.25) is 14.6 Å². The van der Waals surface area contributed by atoms with Gasteiger partial charge in [0.1, 0.15) is 0 Å². The maximum absolute atomic E-state index is 13.2. The monoisotopic (exact) mass is 383 g/mol. The van der Waals surface area contributed by atoms with Gasteiger partial charge in [0.2, 0.25) is 5.91 Å². The highest BCUT2D eigenvalue weighted by Gasteiger charge is 2.43. The molecule has 1 N–H and O–H groups in total. The second kappa shape index (κ2) is 7.88. The van der Waals surface area contributed by atoms with Crippen molar-refractivity contribution in [1.29, 1.82) is 0 Å². The van der Waals surface area contributed by atoms with E-state index in [2.05, 4.69) is 10.3 Å². The zero-order valence-electron chi connectivity index (χ0n) is 16.7. The van der Waals surface area contributed by atoms with Crippen LogP contribution in [0.4, 0.5) is 0 Å². The van der Waals surface area contributed by atoms with E-state index in [1.807, 2.05) is 19.9 Å². The van der Waals surface area contributed by atoms with Crippen LogP contribution in [0.25, 0.3) is 0 Å². The maximum atomic E-state index is 13.2. The van der Waals surface area contributed by atoms with E-state index >= 15 is 0 Å². The molecule has 1 aromatic heterocycles. The molecule has 1 aliphatic rings. The second-order valence-corrected chi connectivity index (χ2v) is 7.08. The average molecular weight is 383 g/mol. The Morgan fingerprint density at radius 2 is 1.89 bits per heavy atom. The standard InChI is InChI=1S/C21H25N3O4/c1-12(2)23-20(25)18-14-9-16(27-4)17(28-5)10-15(14)21(26)24(3)19(18)13-7-6-8-22-11-13/h6-12,18-19H,1-5H3,(H,23,25). The Morgan fingerprint density at radius 3 is 2.46 bits per heavy atom. The van der Waals surface area contributed by atoms with Crippen LogP contribution in [0.15, 0.2) is 36.7 Å². The molecule has 148 valence electrons. The molecule has 3 rings (SSSR count). The fourth-order valence-corrected chi connectivity index (χ4v) is 3.67. The number of hydrogen-bond acceptors (Lipinski definition) is 5. The minimum Gasteiger partial charge on any atom is -0.493 e.